The van der Waals surface area contributed by atoms with Gasteiger partial charge in [0.2, 0.25) is 0 Å². The zero-order valence-electron chi connectivity index (χ0n) is 16.5. The van der Waals surface area contributed by atoms with Crippen LogP contribution in [0.5, 0.6) is 5.75 Å². The van der Waals surface area contributed by atoms with Gasteiger partial charge in [0.05, 0.1) is 17.5 Å². The maximum atomic E-state index is 12.7. The topological polar surface area (TPSA) is 93.5 Å². The second-order valence-electron chi connectivity index (χ2n) is 7.42. The largest absolute Gasteiger partial charge is 0.493 e. The van der Waals surface area contributed by atoms with Gasteiger partial charge in [0, 0.05) is 36.4 Å². The van der Waals surface area contributed by atoms with Crippen molar-refractivity contribution in [3.05, 3.63) is 46.5 Å². The van der Waals surface area contributed by atoms with Crippen molar-refractivity contribution in [1.82, 2.24) is 14.9 Å². The van der Waals surface area contributed by atoms with E-state index in [4.69, 9.17) is 9.84 Å². The summed E-state index contributed by atoms with van der Waals surface area (Å²) in [5.74, 6) is 0.852. The lowest BCUT2D eigenvalue weighted by molar-refractivity contribution is 0.185. The van der Waals surface area contributed by atoms with E-state index in [1.807, 2.05) is 45.0 Å². The highest BCUT2D eigenvalue weighted by molar-refractivity contribution is 6.05. The highest BCUT2D eigenvalue weighted by Gasteiger charge is 2.13. The number of pyridine rings is 2. The van der Waals surface area contributed by atoms with Gasteiger partial charge in [-0.05, 0) is 49.8 Å². The van der Waals surface area contributed by atoms with Crippen LogP contribution < -0.4 is 15.6 Å². The van der Waals surface area contributed by atoms with Gasteiger partial charge in [-0.3, -0.25) is 9.78 Å². The molecule has 3 aromatic rings. The molecule has 1 amide bonds. The molecule has 0 aliphatic carbocycles. The van der Waals surface area contributed by atoms with Gasteiger partial charge in [-0.25, -0.2) is 4.79 Å². The van der Waals surface area contributed by atoms with Crippen molar-refractivity contribution in [3.8, 4) is 5.75 Å². The van der Waals surface area contributed by atoms with Crippen molar-refractivity contribution in [2.24, 2.45) is 13.0 Å². The SMILES string of the molecule is Cc1cc2c(cn1)c(=O)n(C)c1cc(OCC(C)CC(C)NC(=O)O)ccc21. The quantitative estimate of drug-likeness (QED) is 0.636. The van der Waals surface area contributed by atoms with E-state index in [0.29, 0.717) is 24.2 Å². The molecule has 2 heterocycles. The van der Waals surface area contributed by atoms with E-state index in [2.05, 4.69) is 10.3 Å². The van der Waals surface area contributed by atoms with Crippen LogP contribution in [0.3, 0.4) is 0 Å². The summed E-state index contributed by atoms with van der Waals surface area (Å²) >= 11 is 0. The van der Waals surface area contributed by atoms with Crippen molar-refractivity contribution in [1.29, 1.82) is 0 Å². The van der Waals surface area contributed by atoms with Gasteiger partial charge >= 0.3 is 6.09 Å². The second kappa shape index (κ2) is 7.88. The maximum absolute atomic E-state index is 12.7. The molecule has 7 nitrogen and oxygen atoms in total. The molecule has 2 N–H and O–H groups in total. The fourth-order valence-corrected chi connectivity index (χ4v) is 3.53. The fraction of sp³-hybridized carbons (Fsp3) is 0.381. The smallest absolute Gasteiger partial charge is 0.404 e. The number of ether oxygens (including phenoxy) is 1. The highest BCUT2D eigenvalue weighted by Crippen LogP contribution is 2.26. The average molecular weight is 383 g/mol. The number of hydrogen-bond donors (Lipinski definition) is 2. The molecule has 2 aromatic heterocycles. The third-order valence-corrected chi connectivity index (χ3v) is 4.86. The Morgan fingerprint density at radius 1 is 1.25 bits per heavy atom. The fourth-order valence-electron chi connectivity index (χ4n) is 3.53. The molecular formula is C21H25N3O4. The normalized spacial score (nSPS) is 13.4. The van der Waals surface area contributed by atoms with Crippen molar-refractivity contribution in [2.45, 2.75) is 33.2 Å². The maximum Gasteiger partial charge on any atom is 0.404 e. The van der Waals surface area contributed by atoms with Crippen molar-refractivity contribution in [3.63, 3.8) is 0 Å². The lowest BCUT2D eigenvalue weighted by Gasteiger charge is -2.18. The molecule has 0 spiro atoms. The minimum atomic E-state index is -1.02. The molecule has 0 saturated carbocycles. The van der Waals surface area contributed by atoms with Crippen LogP contribution in [0.15, 0.2) is 35.3 Å². The lowest BCUT2D eigenvalue weighted by atomic mass is 10.0. The van der Waals surface area contributed by atoms with E-state index in [1.165, 1.54) is 0 Å². The molecule has 0 radical (unpaired) electrons. The third kappa shape index (κ3) is 4.08. The van der Waals surface area contributed by atoms with Crippen LogP contribution in [-0.4, -0.2) is 33.4 Å². The van der Waals surface area contributed by atoms with E-state index in [-0.39, 0.29) is 17.5 Å². The number of nitrogens with zero attached hydrogens (tertiary/aromatic N) is 2. The molecule has 0 fully saturated rings. The number of carbonyl (C=O) groups is 1. The number of benzene rings is 1. The van der Waals surface area contributed by atoms with Crippen LogP contribution in [0.1, 0.15) is 26.0 Å². The lowest BCUT2D eigenvalue weighted by Crippen LogP contribution is -2.33. The van der Waals surface area contributed by atoms with Crippen molar-refractivity contribution >= 4 is 27.8 Å². The standard InChI is InChI=1S/C21H25N3O4/c1-12(7-14(3)23-21(26)27)11-28-15-5-6-16-17-8-13(2)22-10-18(17)20(25)24(4)19(16)9-15/h5-6,8-10,12,14,23H,7,11H2,1-4H3,(H,26,27). The summed E-state index contributed by atoms with van der Waals surface area (Å²) < 4.78 is 7.52. The molecule has 7 heteroatoms. The van der Waals surface area contributed by atoms with E-state index in [1.54, 1.807) is 17.8 Å². The van der Waals surface area contributed by atoms with Crippen molar-refractivity contribution in [2.75, 3.05) is 6.61 Å². The molecule has 0 saturated heterocycles. The van der Waals surface area contributed by atoms with Gasteiger partial charge in [0.1, 0.15) is 5.75 Å². The number of amides is 1. The zero-order chi connectivity index (χ0) is 20.4. The molecule has 0 aliphatic heterocycles. The van der Waals surface area contributed by atoms with Crippen LogP contribution in [0, 0.1) is 12.8 Å². The number of hydrogen-bond acceptors (Lipinski definition) is 4. The Hall–Kier alpha value is -3.09. The summed E-state index contributed by atoms with van der Waals surface area (Å²) in [5, 5.41) is 13.7. The van der Waals surface area contributed by atoms with Crippen LogP contribution in [0.25, 0.3) is 21.7 Å². The Kier molecular flexibility index (Phi) is 5.53. The predicted octanol–water partition coefficient (Wildman–Crippen LogP) is 3.46. The number of rotatable bonds is 6. The Morgan fingerprint density at radius 3 is 2.71 bits per heavy atom. The molecule has 0 aliphatic rings. The van der Waals surface area contributed by atoms with Gasteiger partial charge in [-0.15, -0.1) is 0 Å². The second-order valence-corrected chi connectivity index (χ2v) is 7.42. The summed E-state index contributed by atoms with van der Waals surface area (Å²) in [7, 11) is 1.75. The first-order chi connectivity index (χ1) is 13.3. The van der Waals surface area contributed by atoms with Gasteiger partial charge in [-0.2, -0.15) is 0 Å². The summed E-state index contributed by atoms with van der Waals surface area (Å²) in [4.78, 5) is 27.6. The number of fused-ring (bicyclic) bond motifs is 3. The minimum absolute atomic E-state index is 0.0888. The van der Waals surface area contributed by atoms with E-state index >= 15 is 0 Å². The van der Waals surface area contributed by atoms with Crippen LogP contribution in [-0.2, 0) is 7.05 Å². The molecular weight excluding hydrogens is 358 g/mol. The van der Waals surface area contributed by atoms with E-state index < -0.39 is 6.09 Å². The summed E-state index contributed by atoms with van der Waals surface area (Å²) in [5.41, 5.74) is 1.57. The Balaban J connectivity index is 1.84. The average Bonchev–Trinajstić information content (AvgIpc) is 2.63. The zero-order valence-corrected chi connectivity index (χ0v) is 16.5. The summed E-state index contributed by atoms with van der Waals surface area (Å²) in [6.07, 6.45) is 1.29. The molecule has 0 bridgehead atoms. The molecule has 1 aromatic carbocycles. The van der Waals surface area contributed by atoms with Gasteiger partial charge in [0.25, 0.3) is 5.56 Å². The number of aryl methyl sites for hydroxylation is 2. The molecule has 3 rings (SSSR count). The minimum Gasteiger partial charge on any atom is -0.493 e. The molecule has 2 unspecified atom stereocenters. The first kappa shape index (κ1) is 19.7. The van der Waals surface area contributed by atoms with Crippen LogP contribution >= 0.6 is 0 Å². The van der Waals surface area contributed by atoms with Gasteiger partial charge < -0.3 is 19.7 Å². The van der Waals surface area contributed by atoms with E-state index in [0.717, 1.165) is 22.0 Å². The number of aromatic nitrogens is 2. The van der Waals surface area contributed by atoms with Crippen LogP contribution in [0.4, 0.5) is 4.79 Å². The summed E-state index contributed by atoms with van der Waals surface area (Å²) in [6, 6.07) is 7.52. The first-order valence-electron chi connectivity index (χ1n) is 9.27. The molecule has 2 atom stereocenters. The van der Waals surface area contributed by atoms with Crippen LogP contribution in [0.2, 0.25) is 0 Å². The Labute approximate surface area is 163 Å². The van der Waals surface area contributed by atoms with Gasteiger partial charge in [-0.1, -0.05) is 6.92 Å². The van der Waals surface area contributed by atoms with E-state index in [9.17, 15) is 9.59 Å². The predicted molar refractivity (Wildman–Crippen MR) is 109 cm³/mol. The Morgan fingerprint density at radius 2 is 2.00 bits per heavy atom. The molecule has 28 heavy (non-hydrogen) atoms. The molecule has 148 valence electrons. The number of nitrogens with one attached hydrogen (secondary N) is 1. The summed E-state index contributed by atoms with van der Waals surface area (Å²) in [6.45, 7) is 6.21. The Bertz CT molecular complexity index is 1090. The first-order valence-corrected chi connectivity index (χ1v) is 9.27. The van der Waals surface area contributed by atoms with Crippen molar-refractivity contribution < 1.29 is 14.6 Å². The highest BCUT2D eigenvalue weighted by atomic mass is 16.5. The van der Waals surface area contributed by atoms with Gasteiger partial charge in [0.15, 0.2) is 0 Å². The monoisotopic (exact) mass is 383 g/mol. The third-order valence-electron chi connectivity index (χ3n) is 4.86. The number of carboxylic acid groups (broad SMARTS) is 1.